The van der Waals surface area contributed by atoms with Crippen LogP contribution >= 0.6 is 0 Å². The van der Waals surface area contributed by atoms with Crippen molar-refractivity contribution in [3.63, 3.8) is 0 Å². The van der Waals surface area contributed by atoms with Crippen molar-refractivity contribution in [3.05, 3.63) is 118 Å². The first-order chi connectivity index (χ1) is 27.3. The van der Waals surface area contributed by atoms with E-state index in [0.29, 0.717) is 33.2 Å². The molecule has 0 atom stereocenters. The number of unbranched alkanes of at least 4 members (excludes halogenated alkanes) is 8. The van der Waals surface area contributed by atoms with Gasteiger partial charge in [0.05, 0.1) is 10.5 Å². The minimum absolute atomic E-state index is 0.00564. The second kappa shape index (κ2) is 15.7. The molecule has 1 aliphatic rings. The summed E-state index contributed by atoms with van der Waals surface area (Å²) >= 11 is 0. The summed E-state index contributed by atoms with van der Waals surface area (Å²) < 4.78 is 0. The van der Waals surface area contributed by atoms with Crippen molar-refractivity contribution in [2.75, 3.05) is 0 Å². The van der Waals surface area contributed by atoms with Crippen LogP contribution in [0.15, 0.2) is 97.1 Å². The molecule has 0 fully saturated rings. The van der Waals surface area contributed by atoms with Crippen molar-refractivity contribution in [3.8, 4) is 28.0 Å². The molecular formula is C49H48N2O5. The van der Waals surface area contributed by atoms with Crippen LogP contribution in [0.1, 0.15) is 112 Å². The number of amides is 2. The van der Waals surface area contributed by atoms with Gasteiger partial charge in [-0.3, -0.25) is 24.6 Å². The van der Waals surface area contributed by atoms with Gasteiger partial charge < -0.3 is 5.11 Å². The molecule has 1 heterocycles. The van der Waals surface area contributed by atoms with Crippen molar-refractivity contribution in [2.45, 2.75) is 96.9 Å². The zero-order chi connectivity index (χ0) is 38.9. The lowest BCUT2D eigenvalue weighted by Crippen LogP contribution is -2.47. The lowest BCUT2D eigenvalue weighted by atomic mass is 9.82. The number of hydrogen-bond donors (Lipinski definition) is 1. The normalized spacial score (nSPS) is 13.0. The molecule has 0 bridgehead atoms. The van der Waals surface area contributed by atoms with E-state index in [1.54, 1.807) is 35.2 Å². The molecule has 7 aromatic carbocycles. The highest BCUT2D eigenvalue weighted by Crippen LogP contribution is 2.48. The van der Waals surface area contributed by atoms with Crippen molar-refractivity contribution in [2.24, 2.45) is 0 Å². The topological polar surface area (TPSA) is 101 Å². The number of carbonyl (C=O) groups excluding carboxylic acids is 2. The number of phenols is 1. The van der Waals surface area contributed by atoms with Crippen LogP contribution in [-0.4, -0.2) is 32.8 Å². The number of aromatic hydroxyl groups is 1. The minimum Gasteiger partial charge on any atom is -0.507 e. The average Bonchev–Trinajstić information content (AvgIpc) is 3.21. The quantitative estimate of drug-likeness (QED) is 0.0265. The lowest BCUT2D eigenvalue weighted by Gasteiger charge is -2.35. The van der Waals surface area contributed by atoms with Crippen molar-refractivity contribution in [1.29, 1.82) is 0 Å². The summed E-state index contributed by atoms with van der Waals surface area (Å²) in [6.45, 7) is 4.41. The number of rotatable bonds is 16. The number of para-hydroxylation sites is 2. The summed E-state index contributed by atoms with van der Waals surface area (Å²) in [5.41, 5.74) is 3.71. The summed E-state index contributed by atoms with van der Waals surface area (Å²) in [6, 6.07) is 29.7. The van der Waals surface area contributed by atoms with Gasteiger partial charge in [-0.2, -0.15) is 0 Å². The largest absolute Gasteiger partial charge is 0.507 e. The van der Waals surface area contributed by atoms with Gasteiger partial charge in [-0.15, -0.1) is 0 Å². The van der Waals surface area contributed by atoms with Gasteiger partial charge in [0.15, 0.2) is 0 Å². The monoisotopic (exact) mass is 744 g/mol. The summed E-state index contributed by atoms with van der Waals surface area (Å²) in [7, 11) is 0. The molecule has 0 aliphatic carbocycles. The van der Waals surface area contributed by atoms with Crippen molar-refractivity contribution < 1.29 is 19.6 Å². The molecule has 7 nitrogen and oxygen atoms in total. The molecule has 7 heteroatoms. The van der Waals surface area contributed by atoms with Crippen LogP contribution < -0.4 is 0 Å². The number of benzene rings is 7. The Morgan fingerprint density at radius 3 is 1.64 bits per heavy atom. The summed E-state index contributed by atoms with van der Waals surface area (Å²) in [6.07, 6.45) is 12.8. The van der Waals surface area contributed by atoms with Crippen LogP contribution in [0.2, 0.25) is 0 Å². The Bertz CT molecular complexity index is 2590. The number of nitro groups is 1. The molecule has 284 valence electrons. The van der Waals surface area contributed by atoms with E-state index in [2.05, 4.69) is 19.9 Å². The Morgan fingerprint density at radius 2 is 1.09 bits per heavy atom. The molecular weight excluding hydrogens is 697 g/mol. The molecule has 2 amide bonds. The number of fused-ring (bicyclic) bond motifs is 2. The van der Waals surface area contributed by atoms with E-state index in [-0.39, 0.29) is 34.2 Å². The molecule has 0 aromatic heterocycles. The molecule has 8 rings (SSSR count). The van der Waals surface area contributed by atoms with Crippen LogP contribution in [0.3, 0.4) is 0 Å². The first-order valence-electron chi connectivity index (χ1n) is 20.4. The van der Waals surface area contributed by atoms with E-state index < -0.39 is 0 Å². The van der Waals surface area contributed by atoms with E-state index in [0.717, 1.165) is 107 Å². The van der Waals surface area contributed by atoms with Crippen molar-refractivity contribution in [1.82, 2.24) is 4.90 Å². The number of carbonyl (C=O) groups is 2. The third-order valence-electron chi connectivity index (χ3n) is 12.0. The first-order valence-corrected chi connectivity index (χ1v) is 20.4. The zero-order valence-corrected chi connectivity index (χ0v) is 32.3. The predicted molar refractivity (Wildman–Crippen MR) is 228 cm³/mol. The maximum atomic E-state index is 14.7. The molecule has 0 saturated heterocycles. The number of nitro benzene ring substituents is 1. The van der Waals surface area contributed by atoms with E-state index in [1.165, 1.54) is 18.9 Å². The predicted octanol–water partition coefficient (Wildman–Crippen LogP) is 13.4. The van der Waals surface area contributed by atoms with Gasteiger partial charge in [0.25, 0.3) is 17.5 Å². The molecule has 1 aliphatic heterocycles. The Kier molecular flexibility index (Phi) is 10.4. The first kappa shape index (κ1) is 37.1. The van der Waals surface area contributed by atoms with Crippen LogP contribution in [0, 0.1) is 10.1 Å². The standard InChI is InChI=1S/C49H48N2O5/c1-3-5-7-9-11-17-34(18-12-10-8-6-4-2)50-48(53)39-25-23-37-41-29-31(35-19-13-15-21-43(35)51(55)56)27-33-28-32(36-20-14-16-22-44(36)52)30-42(45(33)41)38-24-26-40(49(50)54)47(39)46(37)38/h13-16,19-30,34,52H,3-12,17-18H2,1-2H3. The zero-order valence-electron chi connectivity index (χ0n) is 32.3. The molecule has 0 radical (unpaired) electrons. The maximum absolute atomic E-state index is 14.7. The van der Waals surface area contributed by atoms with Gasteiger partial charge in [-0.05, 0) is 110 Å². The van der Waals surface area contributed by atoms with Gasteiger partial charge in [-0.25, -0.2) is 0 Å². The van der Waals surface area contributed by atoms with Crippen LogP contribution in [0.4, 0.5) is 5.69 Å². The highest BCUT2D eigenvalue weighted by atomic mass is 16.6. The summed E-state index contributed by atoms with van der Waals surface area (Å²) in [5.74, 6) is -0.319. The van der Waals surface area contributed by atoms with E-state index in [4.69, 9.17) is 0 Å². The van der Waals surface area contributed by atoms with Crippen LogP contribution in [0.5, 0.6) is 5.75 Å². The number of imide groups is 1. The second-order valence-electron chi connectivity index (χ2n) is 15.5. The van der Waals surface area contributed by atoms with Gasteiger partial charge in [0.1, 0.15) is 5.75 Å². The maximum Gasteiger partial charge on any atom is 0.277 e. The molecule has 0 spiro atoms. The van der Waals surface area contributed by atoms with Gasteiger partial charge in [-0.1, -0.05) is 121 Å². The highest BCUT2D eigenvalue weighted by molar-refractivity contribution is 6.39. The van der Waals surface area contributed by atoms with Crippen LogP contribution in [-0.2, 0) is 0 Å². The number of hydrogen-bond acceptors (Lipinski definition) is 5. The SMILES string of the molecule is CCCCCCCC(CCCCCCC)N1C(=O)c2ccc3c4cc(-c5ccccc5O)cc5cc(-c6ccccc6[N+](=O)[O-])cc(c6ccc(c2c36)C1=O)c54. The van der Waals surface area contributed by atoms with Crippen molar-refractivity contribution >= 4 is 60.6 Å². The lowest BCUT2D eigenvalue weighted by molar-refractivity contribution is -0.384. The fourth-order valence-corrected chi connectivity index (χ4v) is 9.20. The van der Waals surface area contributed by atoms with E-state index in [1.807, 2.05) is 54.6 Å². The molecule has 0 saturated carbocycles. The summed E-state index contributed by atoms with van der Waals surface area (Å²) in [4.78, 5) is 42.9. The number of phenolic OH excluding ortho intramolecular Hbond substituents is 1. The van der Waals surface area contributed by atoms with Gasteiger partial charge in [0.2, 0.25) is 0 Å². The molecule has 56 heavy (non-hydrogen) atoms. The van der Waals surface area contributed by atoms with Gasteiger partial charge in [0, 0.05) is 34.2 Å². The molecule has 1 N–H and O–H groups in total. The Balaban J connectivity index is 1.33. The van der Waals surface area contributed by atoms with E-state index in [9.17, 15) is 24.8 Å². The number of nitrogens with zero attached hydrogens (tertiary/aromatic N) is 2. The van der Waals surface area contributed by atoms with E-state index >= 15 is 0 Å². The third-order valence-corrected chi connectivity index (χ3v) is 12.0. The third kappa shape index (κ3) is 6.53. The smallest absolute Gasteiger partial charge is 0.277 e. The fraction of sp³-hybridized carbons (Fsp3) is 0.306. The highest BCUT2D eigenvalue weighted by Gasteiger charge is 2.38. The second-order valence-corrected chi connectivity index (χ2v) is 15.5. The Labute approximate surface area is 327 Å². The fourth-order valence-electron chi connectivity index (χ4n) is 9.20. The Morgan fingerprint density at radius 1 is 0.571 bits per heavy atom. The minimum atomic E-state index is -0.359. The Hall–Kier alpha value is -5.82. The average molecular weight is 745 g/mol. The van der Waals surface area contributed by atoms with Crippen LogP contribution in [0.25, 0.3) is 65.3 Å². The molecule has 0 unspecified atom stereocenters. The molecule has 7 aromatic rings. The summed E-state index contributed by atoms with van der Waals surface area (Å²) in [5, 5.41) is 30.1. The van der Waals surface area contributed by atoms with Gasteiger partial charge >= 0.3 is 0 Å².